The van der Waals surface area contributed by atoms with Crippen LogP contribution in [-0.4, -0.2) is 29.2 Å². The first-order valence-electron chi connectivity index (χ1n) is 7.03. The molecule has 0 saturated carbocycles. The molecule has 3 rings (SSSR count). The smallest absolute Gasteiger partial charge is 0.227 e. The van der Waals surface area contributed by atoms with Crippen LogP contribution in [0.2, 0.25) is 0 Å². The van der Waals surface area contributed by atoms with E-state index in [0.29, 0.717) is 11.8 Å². The van der Waals surface area contributed by atoms with Gasteiger partial charge in [-0.3, -0.25) is 0 Å². The normalized spacial score (nSPS) is 10.2. The van der Waals surface area contributed by atoms with Gasteiger partial charge < -0.3 is 14.8 Å². The Hall–Kier alpha value is -3.15. The Labute approximate surface area is 134 Å². The van der Waals surface area contributed by atoms with Gasteiger partial charge in [0.05, 0.1) is 31.8 Å². The van der Waals surface area contributed by atoms with E-state index in [1.165, 1.54) is 0 Å². The predicted octanol–water partition coefficient (Wildman–Crippen LogP) is 3.30. The van der Waals surface area contributed by atoms with E-state index in [-0.39, 0.29) is 0 Å². The lowest BCUT2D eigenvalue weighted by Gasteiger charge is -2.07. The molecule has 1 aromatic carbocycles. The van der Waals surface area contributed by atoms with E-state index in [9.17, 15) is 0 Å². The maximum absolute atomic E-state index is 5.16. The van der Waals surface area contributed by atoms with Crippen molar-refractivity contribution in [2.75, 3.05) is 19.5 Å². The fraction of sp³-hybridized carbons (Fsp3) is 0.118. The van der Waals surface area contributed by atoms with Crippen molar-refractivity contribution >= 4 is 11.6 Å². The number of hydrogen-bond donors (Lipinski definition) is 1. The first-order valence-corrected chi connectivity index (χ1v) is 7.03. The van der Waals surface area contributed by atoms with Gasteiger partial charge in [0.1, 0.15) is 5.75 Å². The largest absolute Gasteiger partial charge is 0.497 e. The molecule has 0 aliphatic heterocycles. The number of ether oxygens (including phenoxy) is 2. The summed E-state index contributed by atoms with van der Waals surface area (Å²) in [6.45, 7) is 0. The van der Waals surface area contributed by atoms with E-state index in [2.05, 4.69) is 20.3 Å². The van der Waals surface area contributed by atoms with Gasteiger partial charge >= 0.3 is 0 Å². The lowest BCUT2D eigenvalue weighted by atomic mass is 10.1. The Balaban J connectivity index is 1.80. The highest BCUT2D eigenvalue weighted by Crippen LogP contribution is 2.22. The summed E-state index contributed by atoms with van der Waals surface area (Å²) >= 11 is 0. The van der Waals surface area contributed by atoms with Crippen LogP contribution >= 0.6 is 0 Å². The molecule has 2 heterocycles. The van der Waals surface area contributed by atoms with Gasteiger partial charge in [-0.1, -0.05) is 0 Å². The molecule has 23 heavy (non-hydrogen) atoms. The van der Waals surface area contributed by atoms with E-state index in [1.807, 2.05) is 36.4 Å². The molecular weight excluding hydrogens is 292 g/mol. The van der Waals surface area contributed by atoms with Gasteiger partial charge in [0, 0.05) is 17.8 Å². The number of pyridine rings is 1. The van der Waals surface area contributed by atoms with Crippen LogP contribution in [0.4, 0.5) is 11.6 Å². The first kappa shape index (κ1) is 14.8. The Morgan fingerprint density at radius 2 is 1.70 bits per heavy atom. The summed E-state index contributed by atoms with van der Waals surface area (Å²) < 4.78 is 10.2. The number of rotatable bonds is 5. The molecule has 116 valence electrons. The SMILES string of the molecule is COc1ccc(-c2ccnc(Nc3ccc(OC)nc3)n2)cc1. The van der Waals surface area contributed by atoms with E-state index in [0.717, 1.165) is 22.7 Å². The summed E-state index contributed by atoms with van der Waals surface area (Å²) in [5.41, 5.74) is 2.61. The minimum atomic E-state index is 0.505. The molecule has 0 spiro atoms. The number of benzene rings is 1. The third-order valence-corrected chi connectivity index (χ3v) is 3.24. The fourth-order valence-corrected chi connectivity index (χ4v) is 2.05. The second-order valence-electron chi connectivity index (χ2n) is 4.71. The molecule has 3 aromatic rings. The van der Waals surface area contributed by atoms with Crippen LogP contribution in [0.15, 0.2) is 54.9 Å². The number of anilines is 2. The van der Waals surface area contributed by atoms with Crippen molar-refractivity contribution in [2.24, 2.45) is 0 Å². The predicted molar refractivity (Wildman–Crippen MR) is 88.1 cm³/mol. The van der Waals surface area contributed by atoms with E-state index < -0.39 is 0 Å². The standard InChI is InChI=1S/C17H16N4O2/c1-22-14-6-3-12(4-7-14)15-9-10-18-17(21-15)20-13-5-8-16(23-2)19-11-13/h3-11H,1-2H3,(H,18,20,21). The Morgan fingerprint density at radius 1 is 0.870 bits per heavy atom. The van der Waals surface area contributed by atoms with Crippen molar-refractivity contribution in [1.82, 2.24) is 15.0 Å². The van der Waals surface area contributed by atoms with Crippen molar-refractivity contribution in [3.8, 4) is 22.9 Å². The Kier molecular flexibility index (Phi) is 4.33. The average Bonchev–Trinajstić information content (AvgIpc) is 2.63. The minimum Gasteiger partial charge on any atom is -0.497 e. The number of hydrogen-bond acceptors (Lipinski definition) is 6. The number of nitrogens with one attached hydrogen (secondary N) is 1. The second-order valence-corrected chi connectivity index (χ2v) is 4.71. The van der Waals surface area contributed by atoms with Crippen LogP contribution in [0.3, 0.4) is 0 Å². The molecule has 6 nitrogen and oxygen atoms in total. The highest BCUT2D eigenvalue weighted by atomic mass is 16.5. The summed E-state index contributed by atoms with van der Waals surface area (Å²) in [6, 6.07) is 13.2. The molecule has 0 aliphatic rings. The molecule has 2 aromatic heterocycles. The van der Waals surface area contributed by atoms with E-state index in [1.54, 1.807) is 32.7 Å². The number of aromatic nitrogens is 3. The second kappa shape index (κ2) is 6.74. The van der Waals surface area contributed by atoms with E-state index >= 15 is 0 Å². The van der Waals surface area contributed by atoms with Crippen molar-refractivity contribution in [2.45, 2.75) is 0 Å². The van der Waals surface area contributed by atoms with Gasteiger partial charge in [0.2, 0.25) is 11.8 Å². The minimum absolute atomic E-state index is 0.505. The maximum Gasteiger partial charge on any atom is 0.227 e. The topological polar surface area (TPSA) is 69.2 Å². The third-order valence-electron chi connectivity index (χ3n) is 3.24. The first-order chi connectivity index (χ1) is 11.3. The van der Waals surface area contributed by atoms with Gasteiger partial charge in [-0.2, -0.15) is 0 Å². The fourth-order valence-electron chi connectivity index (χ4n) is 2.05. The lowest BCUT2D eigenvalue weighted by molar-refractivity contribution is 0.398. The van der Waals surface area contributed by atoms with Gasteiger partial charge in [0.15, 0.2) is 0 Å². The summed E-state index contributed by atoms with van der Waals surface area (Å²) in [7, 11) is 3.22. The lowest BCUT2D eigenvalue weighted by Crippen LogP contribution is -1.98. The summed E-state index contributed by atoms with van der Waals surface area (Å²) in [5.74, 6) is 1.87. The summed E-state index contributed by atoms with van der Waals surface area (Å²) in [6.07, 6.45) is 3.38. The van der Waals surface area contributed by atoms with Crippen LogP contribution in [0.25, 0.3) is 11.3 Å². The number of nitrogens with zero attached hydrogens (tertiary/aromatic N) is 3. The molecule has 0 unspecified atom stereocenters. The Bertz CT molecular complexity index is 773. The van der Waals surface area contributed by atoms with Crippen LogP contribution in [0, 0.1) is 0 Å². The molecule has 0 atom stereocenters. The molecule has 0 amide bonds. The summed E-state index contributed by atoms with van der Waals surface area (Å²) in [5, 5.41) is 3.12. The van der Waals surface area contributed by atoms with E-state index in [4.69, 9.17) is 9.47 Å². The molecule has 1 N–H and O–H groups in total. The van der Waals surface area contributed by atoms with Crippen molar-refractivity contribution in [3.63, 3.8) is 0 Å². The number of methoxy groups -OCH3 is 2. The van der Waals surface area contributed by atoms with Gasteiger partial charge in [-0.15, -0.1) is 0 Å². The monoisotopic (exact) mass is 308 g/mol. The molecule has 0 aliphatic carbocycles. The molecule has 0 fully saturated rings. The molecular formula is C17H16N4O2. The van der Waals surface area contributed by atoms with Crippen molar-refractivity contribution in [1.29, 1.82) is 0 Å². The van der Waals surface area contributed by atoms with Crippen molar-refractivity contribution < 1.29 is 9.47 Å². The molecule has 0 bridgehead atoms. The molecule has 6 heteroatoms. The molecule has 0 radical (unpaired) electrons. The van der Waals surface area contributed by atoms with Crippen LogP contribution in [0.5, 0.6) is 11.6 Å². The van der Waals surface area contributed by atoms with Crippen LogP contribution < -0.4 is 14.8 Å². The van der Waals surface area contributed by atoms with Crippen molar-refractivity contribution in [3.05, 3.63) is 54.9 Å². The van der Waals surface area contributed by atoms with Crippen LogP contribution in [-0.2, 0) is 0 Å². The average molecular weight is 308 g/mol. The zero-order valence-corrected chi connectivity index (χ0v) is 12.9. The Morgan fingerprint density at radius 3 is 2.35 bits per heavy atom. The highest BCUT2D eigenvalue weighted by molar-refractivity contribution is 5.62. The van der Waals surface area contributed by atoms with Gasteiger partial charge in [-0.25, -0.2) is 15.0 Å². The quantitative estimate of drug-likeness (QED) is 0.780. The molecule has 0 saturated heterocycles. The van der Waals surface area contributed by atoms with Crippen LogP contribution in [0.1, 0.15) is 0 Å². The van der Waals surface area contributed by atoms with Gasteiger partial charge in [0.25, 0.3) is 0 Å². The zero-order valence-electron chi connectivity index (χ0n) is 12.9. The zero-order chi connectivity index (χ0) is 16.1. The maximum atomic E-state index is 5.16. The summed E-state index contributed by atoms with van der Waals surface area (Å²) in [4.78, 5) is 12.9. The van der Waals surface area contributed by atoms with Gasteiger partial charge in [-0.05, 0) is 36.4 Å². The highest BCUT2D eigenvalue weighted by Gasteiger charge is 2.04. The third kappa shape index (κ3) is 3.55.